The van der Waals surface area contributed by atoms with Crippen LogP contribution in [0.5, 0.6) is 0 Å². The number of carbonyl (C=O) groups is 1. The Balaban J connectivity index is 2.22. The van der Waals surface area contributed by atoms with Gasteiger partial charge in [-0.15, -0.1) is 0 Å². The van der Waals surface area contributed by atoms with E-state index >= 15 is 0 Å². The summed E-state index contributed by atoms with van der Waals surface area (Å²) < 4.78 is 0. The number of aryl methyl sites for hydroxylation is 1. The molecule has 0 bridgehead atoms. The fraction of sp³-hybridized carbons (Fsp3) is 0.571. The Kier molecular flexibility index (Phi) is 3.55. The first-order valence-corrected chi connectivity index (χ1v) is 6.52. The molecule has 1 aromatic rings. The maximum absolute atomic E-state index is 12.5. The number of anilines is 1. The molecule has 1 fully saturated rings. The van der Waals surface area contributed by atoms with Crippen molar-refractivity contribution in [3.63, 3.8) is 0 Å². The normalized spacial score (nSPS) is 14.9. The molecule has 0 unspecified atom stereocenters. The van der Waals surface area contributed by atoms with E-state index in [9.17, 15) is 4.79 Å². The van der Waals surface area contributed by atoms with Crippen LogP contribution in [0.4, 0.5) is 5.69 Å². The highest BCUT2D eigenvalue weighted by Crippen LogP contribution is 2.29. The van der Waals surface area contributed by atoms with Crippen molar-refractivity contribution in [3.05, 3.63) is 23.5 Å². The lowest BCUT2D eigenvalue weighted by atomic mass is 10.1. The van der Waals surface area contributed by atoms with Gasteiger partial charge in [0.1, 0.15) is 0 Å². The number of amides is 1. The number of aromatic nitrogens is 1. The van der Waals surface area contributed by atoms with Gasteiger partial charge in [0.25, 0.3) is 5.91 Å². The van der Waals surface area contributed by atoms with Crippen LogP contribution in [0, 0.1) is 12.8 Å². The van der Waals surface area contributed by atoms with Crippen molar-refractivity contribution in [2.75, 3.05) is 12.3 Å². The number of hydrogen-bond acceptors (Lipinski definition) is 3. The molecular weight excluding hydrogens is 226 g/mol. The minimum Gasteiger partial charge on any atom is -0.398 e. The van der Waals surface area contributed by atoms with Gasteiger partial charge in [-0.2, -0.15) is 0 Å². The van der Waals surface area contributed by atoms with Gasteiger partial charge < -0.3 is 10.6 Å². The molecule has 1 heterocycles. The Bertz CT molecular complexity index is 452. The van der Waals surface area contributed by atoms with E-state index in [0.29, 0.717) is 23.2 Å². The van der Waals surface area contributed by atoms with E-state index in [-0.39, 0.29) is 5.91 Å². The predicted octanol–water partition coefficient (Wildman–Crippen LogP) is 2.23. The number of carbonyl (C=O) groups excluding carboxylic acids is 1. The molecule has 0 atom stereocenters. The molecule has 4 nitrogen and oxygen atoms in total. The molecule has 0 aliphatic heterocycles. The van der Waals surface area contributed by atoms with Crippen LogP contribution >= 0.6 is 0 Å². The first kappa shape index (κ1) is 12.9. The maximum Gasteiger partial charge on any atom is 0.257 e. The molecule has 18 heavy (non-hydrogen) atoms. The van der Waals surface area contributed by atoms with E-state index in [2.05, 4.69) is 18.8 Å². The summed E-state index contributed by atoms with van der Waals surface area (Å²) in [6.07, 6.45) is 3.82. The molecule has 1 aromatic heterocycles. The van der Waals surface area contributed by atoms with Crippen molar-refractivity contribution in [2.45, 2.75) is 39.7 Å². The number of nitrogens with two attached hydrogens (primary N) is 1. The fourth-order valence-corrected chi connectivity index (χ4v) is 2.09. The van der Waals surface area contributed by atoms with E-state index < -0.39 is 0 Å². The van der Waals surface area contributed by atoms with E-state index in [4.69, 9.17) is 5.73 Å². The molecule has 1 amide bonds. The van der Waals surface area contributed by atoms with Gasteiger partial charge >= 0.3 is 0 Å². The summed E-state index contributed by atoms with van der Waals surface area (Å²) in [7, 11) is 0. The fourth-order valence-electron chi connectivity index (χ4n) is 2.09. The molecule has 98 valence electrons. The Morgan fingerprint density at radius 3 is 2.72 bits per heavy atom. The Labute approximate surface area is 108 Å². The van der Waals surface area contributed by atoms with Gasteiger partial charge in [-0.1, -0.05) is 13.8 Å². The van der Waals surface area contributed by atoms with Crippen molar-refractivity contribution < 1.29 is 4.79 Å². The zero-order valence-electron chi connectivity index (χ0n) is 11.3. The molecular formula is C14H21N3O. The number of hydrogen-bond donors (Lipinski definition) is 1. The SMILES string of the molecule is Cc1cc(N)c(C(=O)N(CC(C)C)C2CC2)cn1. The van der Waals surface area contributed by atoms with Crippen molar-refractivity contribution in [2.24, 2.45) is 5.92 Å². The molecule has 4 heteroatoms. The second-order valence-corrected chi connectivity index (χ2v) is 5.50. The van der Waals surface area contributed by atoms with Crippen LogP contribution in [-0.2, 0) is 0 Å². The van der Waals surface area contributed by atoms with E-state index in [1.807, 2.05) is 11.8 Å². The van der Waals surface area contributed by atoms with E-state index in [0.717, 1.165) is 25.1 Å². The summed E-state index contributed by atoms with van der Waals surface area (Å²) >= 11 is 0. The van der Waals surface area contributed by atoms with Crippen LogP contribution in [-0.4, -0.2) is 28.4 Å². The number of pyridine rings is 1. The summed E-state index contributed by atoms with van der Waals surface area (Å²) in [4.78, 5) is 18.6. The van der Waals surface area contributed by atoms with Gasteiger partial charge in [-0.3, -0.25) is 9.78 Å². The Morgan fingerprint density at radius 1 is 1.56 bits per heavy atom. The average molecular weight is 247 g/mol. The van der Waals surface area contributed by atoms with E-state index in [1.54, 1.807) is 12.3 Å². The van der Waals surface area contributed by atoms with Gasteiger partial charge in [-0.05, 0) is 31.7 Å². The zero-order chi connectivity index (χ0) is 13.3. The highest BCUT2D eigenvalue weighted by Gasteiger charge is 2.33. The second kappa shape index (κ2) is 4.96. The molecule has 2 N–H and O–H groups in total. The largest absolute Gasteiger partial charge is 0.398 e. The molecule has 2 rings (SSSR count). The van der Waals surface area contributed by atoms with E-state index in [1.165, 1.54) is 0 Å². The van der Waals surface area contributed by atoms with Crippen LogP contribution in [0.25, 0.3) is 0 Å². The third kappa shape index (κ3) is 2.81. The first-order chi connectivity index (χ1) is 8.49. The van der Waals surface area contributed by atoms with Gasteiger partial charge in [-0.25, -0.2) is 0 Å². The Morgan fingerprint density at radius 2 is 2.22 bits per heavy atom. The van der Waals surface area contributed by atoms with Crippen molar-refractivity contribution in [3.8, 4) is 0 Å². The first-order valence-electron chi connectivity index (χ1n) is 6.52. The zero-order valence-corrected chi connectivity index (χ0v) is 11.3. The quantitative estimate of drug-likeness (QED) is 0.887. The maximum atomic E-state index is 12.5. The van der Waals surface area contributed by atoms with Crippen LogP contribution in [0.15, 0.2) is 12.3 Å². The smallest absolute Gasteiger partial charge is 0.257 e. The average Bonchev–Trinajstić information content (AvgIpc) is 3.08. The van der Waals surface area contributed by atoms with Crippen LogP contribution < -0.4 is 5.73 Å². The van der Waals surface area contributed by atoms with Gasteiger partial charge in [0.15, 0.2) is 0 Å². The summed E-state index contributed by atoms with van der Waals surface area (Å²) in [5.74, 6) is 0.491. The van der Waals surface area contributed by atoms with Gasteiger partial charge in [0.2, 0.25) is 0 Å². The lowest BCUT2D eigenvalue weighted by molar-refractivity contribution is 0.0723. The van der Waals surface area contributed by atoms with Gasteiger partial charge in [0, 0.05) is 30.2 Å². The van der Waals surface area contributed by atoms with Crippen molar-refractivity contribution >= 4 is 11.6 Å². The summed E-state index contributed by atoms with van der Waals surface area (Å²) in [6, 6.07) is 2.16. The number of nitrogen functional groups attached to an aromatic ring is 1. The molecule has 0 saturated heterocycles. The van der Waals surface area contributed by atoms with Crippen molar-refractivity contribution in [1.82, 2.24) is 9.88 Å². The Hall–Kier alpha value is -1.58. The molecule has 1 saturated carbocycles. The van der Waals surface area contributed by atoms with Crippen LogP contribution in [0.3, 0.4) is 0 Å². The standard InChI is InChI=1S/C14H21N3O/c1-9(2)8-17(11-4-5-11)14(18)12-7-16-10(3)6-13(12)15/h6-7,9,11H,4-5,8H2,1-3H3,(H2,15,16). The van der Waals surface area contributed by atoms with Crippen LogP contribution in [0.2, 0.25) is 0 Å². The molecule has 1 aliphatic rings. The predicted molar refractivity (Wildman–Crippen MR) is 72.3 cm³/mol. The summed E-state index contributed by atoms with van der Waals surface area (Å²) in [5.41, 5.74) is 7.83. The number of rotatable bonds is 4. The lowest BCUT2D eigenvalue weighted by Gasteiger charge is -2.25. The topological polar surface area (TPSA) is 59.2 Å². The third-order valence-electron chi connectivity index (χ3n) is 3.11. The molecule has 1 aliphatic carbocycles. The lowest BCUT2D eigenvalue weighted by Crippen LogP contribution is -2.36. The summed E-state index contributed by atoms with van der Waals surface area (Å²) in [5, 5.41) is 0. The molecule has 0 spiro atoms. The summed E-state index contributed by atoms with van der Waals surface area (Å²) in [6.45, 7) is 6.91. The minimum absolute atomic E-state index is 0.0243. The highest BCUT2D eigenvalue weighted by atomic mass is 16.2. The van der Waals surface area contributed by atoms with Gasteiger partial charge in [0.05, 0.1) is 5.56 Å². The van der Waals surface area contributed by atoms with Crippen LogP contribution in [0.1, 0.15) is 42.7 Å². The van der Waals surface area contributed by atoms with Crippen molar-refractivity contribution in [1.29, 1.82) is 0 Å². The number of nitrogens with zero attached hydrogens (tertiary/aromatic N) is 2. The molecule has 0 radical (unpaired) electrons. The monoisotopic (exact) mass is 247 g/mol. The highest BCUT2D eigenvalue weighted by molar-refractivity contribution is 5.99. The second-order valence-electron chi connectivity index (χ2n) is 5.50. The minimum atomic E-state index is 0.0243. The third-order valence-corrected chi connectivity index (χ3v) is 3.11. The molecule has 0 aromatic carbocycles.